The monoisotopic (exact) mass is 378 g/mol. The lowest BCUT2D eigenvalue weighted by molar-refractivity contribution is -0.148. The van der Waals surface area contributed by atoms with Crippen molar-refractivity contribution in [1.29, 1.82) is 0 Å². The molecule has 0 aliphatic rings. The highest BCUT2D eigenvalue weighted by molar-refractivity contribution is 5.94. The van der Waals surface area contributed by atoms with Crippen LogP contribution in [-0.2, 0) is 24.0 Å². The number of nitrogens with one attached hydrogen (secondary N) is 3. The van der Waals surface area contributed by atoms with E-state index in [1.807, 2.05) is 10.6 Å². The summed E-state index contributed by atoms with van der Waals surface area (Å²) in [5.41, 5.74) is 5.06. The molecule has 0 aromatic carbocycles. The van der Waals surface area contributed by atoms with Crippen molar-refractivity contribution in [3.05, 3.63) is 0 Å². The molecule has 148 valence electrons. The lowest BCUT2D eigenvalue weighted by Crippen LogP contribution is -2.60. The zero-order chi connectivity index (χ0) is 20.4. The Balaban J connectivity index is 5.12. The van der Waals surface area contributed by atoms with Gasteiger partial charge in [-0.25, -0.2) is 4.79 Å². The third-order valence-corrected chi connectivity index (χ3v) is 3.08. The van der Waals surface area contributed by atoms with Crippen LogP contribution in [0.3, 0.4) is 0 Å². The number of aliphatic hydroxyl groups is 2. The second-order valence-electron chi connectivity index (χ2n) is 5.23. The van der Waals surface area contributed by atoms with Crippen LogP contribution in [0, 0.1) is 0 Å². The molecule has 4 unspecified atom stereocenters. The molecule has 0 saturated heterocycles. The van der Waals surface area contributed by atoms with Crippen molar-refractivity contribution >= 4 is 29.7 Å². The molecule has 13 heteroatoms. The highest BCUT2D eigenvalue weighted by Gasteiger charge is 2.32. The number of aliphatic hydroxyl groups excluding tert-OH is 2. The maximum atomic E-state index is 12.1. The highest BCUT2D eigenvalue weighted by Crippen LogP contribution is 1.99. The Morgan fingerprint density at radius 3 is 1.92 bits per heavy atom. The van der Waals surface area contributed by atoms with Crippen LogP contribution in [0.1, 0.15) is 13.3 Å². The third kappa shape index (κ3) is 7.87. The van der Waals surface area contributed by atoms with Gasteiger partial charge in [-0.2, -0.15) is 0 Å². The number of carbonyl (C=O) groups excluding carboxylic acids is 3. The molecule has 0 aliphatic carbocycles. The minimum atomic E-state index is -1.79. The maximum Gasteiger partial charge on any atom is 0.326 e. The molecule has 0 fully saturated rings. The predicted octanol–water partition coefficient (Wildman–Crippen LogP) is -4.67. The Kier molecular flexibility index (Phi) is 9.80. The summed E-state index contributed by atoms with van der Waals surface area (Å²) in [5, 5.41) is 42.3. The average molecular weight is 378 g/mol. The van der Waals surface area contributed by atoms with Gasteiger partial charge in [-0.1, -0.05) is 0 Å². The van der Waals surface area contributed by atoms with Gasteiger partial charge in [0.1, 0.15) is 18.1 Å². The number of aliphatic carboxylic acids is 2. The molecule has 3 amide bonds. The van der Waals surface area contributed by atoms with Crippen LogP contribution in [0.25, 0.3) is 0 Å². The molecular formula is C13H22N4O9. The van der Waals surface area contributed by atoms with Gasteiger partial charge >= 0.3 is 11.9 Å². The normalized spacial score (nSPS) is 15.1. The van der Waals surface area contributed by atoms with Crippen molar-refractivity contribution in [3.63, 3.8) is 0 Å². The number of hydrogen-bond acceptors (Lipinski definition) is 8. The van der Waals surface area contributed by atoms with Crippen molar-refractivity contribution in [3.8, 4) is 0 Å². The Morgan fingerprint density at radius 1 is 0.962 bits per heavy atom. The summed E-state index contributed by atoms with van der Waals surface area (Å²) in [5.74, 6) is -6.08. The van der Waals surface area contributed by atoms with Gasteiger partial charge in [-0.3, -0.25) is 19.2 Å². The van der Waals surface area contributed by atoms with Gasteiger partial charge in [0.05, 0.1) is 25.7 Å². The van der Waals surface area contributed by atoms with Gasteiger partial charge < -0.3 is 42.1 Å². The first kappa shape index (κ1) is 23.2. The van der Waals surface area contributed by atoms with E-state index in [1.165, 1.54) is 0 Å². The molecule has 13 nitrogen and oxygen atoms in total. The van der Waals surface area contributed by atoms with Crippen molar-refractivity contribution in [2.45, 2.75) is 37.6 Å². The lowest BCUT2D eigenvalue weighted by Gasteiger charge is -2.25. The number of hydrogen-bond donors (Lipinski definition) is 8. The second-order valence-corrected chi connectivity index (χ2v) is 5.23. The third-order valence-electron chi connectivity index (χ3n) is 3.08. The van der Waals surface area contributed by atoms with Crippen LogP contribution < -0.4 is 21.7 Å². The van der Waals surface area contributed by atoms with E-state index in [9.17, 15) is 29.1 Å². The van der Waals surface area contributed by atoms with Crippen LogP contribution in [0.15, 0.2) is 0 Å². The molecule has 4 atom stereocenters. The van der Waals surface area contributed by atoms with E-state index in [2.05, 4.69) is 5.32 Å². The average Bonchev–Trinajstić information content (AvgIpc) is 2.55. The van der Waals surface area contributed by atoms with Gasteiger partial charge in [-0.15, -0.1) is 0 Å². The highest BCUT2D eigenvalue weighted by atomic mass is 16.4. The van der Waals surface area contributed by atoms with Crippen molar-refractivity contribution in [1.82, 2.24) is 16.0 Å². The smallest absolute Gasteiger partial charge is 0.326 e. The van der Waals surface area contributed by atoms with E-state index in [4.69, 9.17) is 21.1 Å². The molecular weight excluding hydrogens is 356 g/mol. The van der Waals surface area contributed by atoms with Gasteiger partial charge in [-0.05, 0) is 6.92 Å². The molecule has 0 spiro atoms. The van der Waals surface area contributed by atoms with Gasteiger partial charge in [0, 0.05) is 0 Å². The van der Waals surface area contributed by atoms with Crippen LogP contribution in [0.4, 0.5) is 0 Å². The first-order valence-corrected chi connectivity index (χ1v) is 7.37. The van der Waals surface area contributed by atoms with Gasteiger partial charge in [0.15, 0.2) is 0 Å². The summed E-state index contributed by atoms with van der Waals surface area (Å²) < 4.78 is 0. The number of carboxylic acid groups (broad SMARTS) is 2. The van der Waals surface area contributed by atoms with E-state index in [0.29, 0.717) is 0 Å². The molecule has 0 radical (unpaired) electrons. The zero-order valence-corrected chi connectivity index (χ0v) is 13.8. The Labute approximate surface area is 147 Å². The fraction of sp³-hybridized carbons (Fsp3) is 0.615. The first-order chi connectivity index (χ1) is 12.0. The lowest BCUT2D eigenvalue weighted by atomic mass is 10.1. The molecule has 0 bridgehead atoms. The van der Waals surface area contributed by atoms with Crippen molar-refractivity contribution in [2.75, 3.05) is 13.2 Å². The summed E-state index contributed by atoms with van der Waals surface area (Å²) in [6.07, 6.45) is -2.42. The molecule has 0 rings (SSSR count). The zero-order valence-electron chi connectivity index (χ0n) is 13.8. The number of carboxylic acids is 2. The topological polar surface area (TPSA) is 228 Å². The predicted molar refractivity (Wildman–Crippen MR) is 83.5 cm³/mol. The van der Waals surface area contributed by atoms with Gasteiger partial charge in [0.25, 0.3) is 0 Å². The first-order valence-electron chi connectivity index (χ1n) is 7.37. The Hall–Kier alpha value is -2.77. The summed E-state index contributed by atoms with van der Waals surface area (Å²) in [6.45, 7) is -0.175. The number of carbonyl (C=O) groups is 5. The second kappa shape index (κ2) is 11.0. The SMILES string of the molecule is CC(O)C(NC(=O)C(CO)NC(=O)CN)C(=O)NC(CC(=O)O)C(=O)O. The Morgan fingerprint density at radius 2 is 1.54 bits per heavy atom. The molecule has 9 N–H and O–H groups in total. The van der Waals surface area contributed by atoms with Crippen molar-refractivity contribution in [2.24, 2.45) is 5.73 Å². The van der Waals surface area contributed by atoms with E-state index < -0.39 is 73.5 Å². The summed E-state index contributed by atoms with van der Waals surface area (Å²) in [7, 11) is 0. The van der Waals surface area contributed by atoms with Crippen molar-refractivity contribution < 1.29 is 44.4 Å². The number of nitrogens with two attached hydrogens (primary N) is 1. The molecule has 0 heterocycles. The quantitative estimate of drug-likeness (QED) is 0.171. The van der Waals surface area contributed by atoms with Gasteiger partial charge in [0.2, 0.25) is 17.7 Å². The molecule has 0 aromatic heterocycles. The standard InChI is InChI=1S/C13H22N4O9/c1-5(19)10(12(24)16-6(13(25)26)2-9(21)22)17-11(23)7(4-18)15-8(20)3-14/h5-7,10,18-19H,2-4,14H2,1H3,(H,15,20)(H,16,24)(H,17,23)(H,21,22)(H,25,26). The largest absolute Gasteiger partial charge is 0.481 e. The number of rotatable bonds is 11. The minimum Gasteiger partial charge on any atom is -0.481 e. The van der Waals surface area contributed by atoms with E-state index >= 15 is 0 Å². The minimum absolute atomic E-state index is 0.459. The fourth-order valence-electron chi connectivity index (χ4n) is 1.74. The number of amides is 3. The summed E-state index contributed by atoms with van der Waals surface area (Å²) in [4.78, 5) is 56.9. The Bertz CT molecular complexity index is 552. The van der Waals surface area contributed by atoms with E-state index in [0.717, 1.165) is 6.92 Å². The van der Waals surface area contributed by atoms with Crippen LogP contribution in [0.2, 0.25) is 0 Å². The van der Waals surface area contributed by atoms with E-state index in [1.54, 1.807) is 0 Å². The van der Waals surface area contributed by atoms with Crippen LogP contribution >= 0.6 is 0 Å². The molecule has 0 aliphatic heterocycles. The maximum absolute atomic E-state index is 12.1. The van der Waals surface area contributed by atoms with Crippen LogP contribution in [0.5, 0.6) is 0 Å². The summed E-state index contributed by atoms with van der Waals surface area (Å²) >= 11 is 0. The van der Waals surface area contributed by atoms with Crippen LogP contribution in [-0.4, -0.2) is 87.5 Å². The molecule has 26 heavy (non-hydrogen) atoms. The van der Waals surface area contributed by atoms with E-state index in [-0.39, 0.29) is 0 Å². The molecule has 0 aromatic rings. The molecule has 0 saturated carbocycles. The fourth-order valence-corrected chi connectivity index (χ4v) is 1.74. The summed E-state index contributed by atoms with van der Waals surface area (Å²) in [6, 6.07) is -4.92.